The summed E-state index contributed by atoms with van der Waals surface area (Å²) in [5, 5.41) is 11.1. The van der Waals surface area contributed by atoms with Crippen LogP contribution in [-0.4, -0.2) is 25.0 Å². The molecule has 1 aliphatic rings. The predicted molar refractivity (Wildman–Crippen MR) is 72.6 cm³/mol. The SMILES string of the molecule is CC1CCCC(NS(=O)(=O)c2cccs2)(C(=O)O)C1. The van der Waals surface area contributed by atoms with Crippen LogP contribution in [0, 0.1) is 5.92 Å². The lowest BCUT2D eigenvalue weighted by Crippen LogP contribution is -2.56. The van der Waals surface area contributed by atoms with Gasteiger partial charge in [0.05, 0.1) is 0 Å². The Bertz CT molecular complexity index is 552. The number of carboxylic acid groups (broad SMARTS) is 1. The first-order chi connectivity index (χ1) is 8.86. The lowest BCUT2D eigenvalue weighted by atomic mass is 9.77. The molecule has 0 radical (unpaired) electrons. The van der Waals surface area contributed by atoms with Gasteiger partial charge in [-0.05, 0) is 30.2 Å². The zero-order valence-electron chi connectivity index (χ0n) is 10.6. The average molecular weight is 303 g/mol. The number of rotatable bonds is 4. The molecule has 2 atom stereocenters. The Labute approximate surface area is 116 Å². The first kappa shape index (κ1) is 14.5. The Kier molecular flexibility index (Phi) is 3.98. The van der Waals surface area contributed by atoms with Crippen LogP contribution in [0.4, 0.5) is 0 Å². The summed E-state index contributed by atoms with van der Waals surface area (Å²) in [5.74, 6) is -0.880. The van der Waals surface area contributed by atoms with Crippen molar-refractivity contribution in [1.82, 2.24) is 4.72 Å². The molecule has 0 aromatic carbocycles. The average Bonchev–Trinajstić information content (AvgIpc) is 2.82. The minimum atomic E-state index is -3.76. The van der Waals surface area contributed by atoms with Gasteiger partial charge in [-0.15, -0.1) is 11.3 Å². The van der Waals surface area contributed by atoms with Gasteiger partial charge < -0.3 is 5.11 Å². The van der Waals surface area contributed by atoms with Crippen LogP contribution in [0.3, 0.4) is 0 Å². The second-order valence-electron chi connectivity index (χ2n) is 5.13. The quantitative estimate of drug-likeness (QED) is 0.892. The van der Waals surface area contributed by atoms with E-state index in [0.717, 1.165) is 24.2 Å². The minimum absolute atomic E-state index is 0.159. The van der Waals surface area contributed by atoms with Gasteiger partial charge in [-0.25, -0.2) is 8.42 Å². The monoisotopic (exact) mass is 303 g/mol. The van der Waals surface area contributed by atoms with Gasteiger partial charge in [-0.3, -0.25) is 4.79 Å². The summed E-state index contributed by atoms with van der Waals surface area (Å²) in [6.07, 6.45) is 2.35. The summed E-state index contributed by atoms with van der Waals surface area (Å²) < 4.78 is 27.0. The Hall–Kier alpha value is -0.920. The van der Waals surface area contributed by atoms with Gasteiger partial charge in [0.25, 0.3) is 10.0 Å². The van der Waals surface area contributed by atoms with Gasteiger partial charge >= 0.3 is 5.97 Å². The van der Waals surface area contributed by atoms with Crippen molar-refractivity contribution < 1.29 is 18.3 Å². The normalized spacial score (nSPS) is 28.2. The molecule has 2 N–H and O–H groups in total. The third-order valence-electron chi connectivity index (χ3n) is 3.50. The van der Waals surface area contributed by atoms with E-state index >= 15 is 0 Å². The molecular weight excluding hydrogens is 286 g/mol. The molecule has 1 fully saturated rings. The maximum Gasteiger partial charge on any atom is 0.324 e. The van der Waals surface area contributed by atoms with Crippen molar-refractivity contribution >= 4 is 27.3 Å². The highest BCUT2D eigenvalue weighted by molar-refractivity contribution is 7.91. The first-order valence-corrected chi connectivity index (χ1v) is 8.53. The van der Waals surface area contributed by atoms with Gasteiger partial charge in [-0.2, -0.15) is 4.72 Å². The molecule has 106 valence electrons. The number of nitrogens with one attached hydrogen (secondary N) is 1. The van der Waals surface area contributed by atoms with Crippen LogP contribution in [0.25, 0.3) is 0 Å². The van der Waals surface area contributed by atoms with Gasteiger partial charge in [0.15, 0.2) is 0 Å². The Balaban J connectivity index is 2.29. The number of sulfonamides is 1. The summed E-state index contributed by atoms with van der Waals surface area (Å²) in [5.41, 5.74) is -1.36. The van der Waals surface area contributed by atoms with Crippen molar-refractivity contribution in [3.05, 3.63) is 17.5 Å². The second-order valence-corrected chi connectivity index (χ2v) is 7.98. The van der Waals surface area contributed by atoms with Crippen LogP contribution < -0.4 is 4.72 Å². The van der Waals surface area contributed by atoms with E-state index in [1.807, 2.05) is 6.92 Å². The molecule has 0 bridgehead atoms. The van der Waals surface area contributed by atoms with Crippen LogP contribution in [0.15, 0.2) is 21.7 Å². The molecule has 2 rings (SSSR count). The van der Waals surface area contributed by atoms with Crippen LogP contribution in [0.1, 0.15) is 32.6 Å². The van der Waals surface area contributed by atoms with Crippen molar-refractivity contribution in [2.24, 2.45) is 5.92 Å². The van der Waals surface area contributed by atoms with E-state index in [2.05, 4.69) is 4.72 Å². The van der Waals surface area contributed by atoms with Crippen LogP contribution in [-0.2, 0) is 14.8 Å². The molecule has 1 heterocycles. The number of thiophene rings is 1. The molecule has 0 aliphatic heterocycles. The Morgan fingerprint density at radius 1 is 1.58 bits per heavy atom. The molecule has 0 spiro atoms. The predicted octanol–water partition coefficient (Wildman–Crippen LogP) is 2.06. The van der Waals surface area contributed by atoms with E-state index in [-0.39, 0.29) is 10.1 Å². The zero-order valence-corrected chi connectivity index (χ0v) is 12.3. The molecule has 19 heavy (non-hydrogen) atoms. The third-order valence-corrected chi connectivity index (χ3v) is 6.43. The first-order valence-electron chi connectivity index (χ1n) is 6.17. The van der Waals surface area contributed by atoms with Crippen LogP contribution in [0.5, 0.6) is 0 Å². The van der Waals surface area contributed by atoms with Crippen molar-refractivity contribution in [3.8, 4) is 0 Å². The fourth-order valence-corrected chi connectivity index (χ4v) is 5.00. The fraction of sp³-hybridized carbons (Fsp3) is 0.583. The number of hydrogen-bond donors (Lipinski definition) is 2. The molecule has 0 amide bonds. The van der Waals surface area contributed by atoms with Crippen LogP contribution in [0.2, 0.25) is 0 Å². The lowest BCUT2D eigenvalue weighted by molar-refractivity contribution is -0.146. The molecule has 1 saturated carbocycles. The maximum absolute atomic E-state index is 12.2. The van der Waals surface area contributed by atoms with Crippen molar-refractivity contribution in [3.63, 3.8) is 0 Å². The summed E-state index contributed by atoms with van der Waals surface area (Å²) in [6, 6.07) is 3.12. The van der Waals surface area contributed by atoms with Crippen LogP contribution >= 0.6 is 11.3 Å². The van der Waals surface area contributed by atoms with Gasteiger partial charge in [0.2, 0.25) is 0 Å². The molecule has 1 aliphatic carbocycles. The molecule has 7 heteroatoms. The van der Waals surface area contributed by atoms with E-state index in [1.54, 1.807) is 11.4 Å². The Morgan fingerprint density at radius 3 is 2.84 bits per heavy atom. The van der Waals surface area contributed by atoms with Crippen molar-refractivity contribution in [2.45, 2.75) is 42.4 Å². The fourth-order valence-electron chi connectivity index (χ4n) is 2.61. The van der Waals surface area contributed by atoms with Crippen molar-refractivity contribution in [1.29, 1.82) is 0 Å². The highest BCUT2D eigenvalue weighted by Gasteiger charge is 2.45. The summed E-state index contributed by atoms with van der Waals surface area (Å²) in [4.78, 5) is 11.5. The topological polar surface area (TPSA) is 83.5 Å². The smallest absolute Gasteiger partial charge is 0.324 e. The highest BCUT2D eigenvalue weighted by atomic mass is 32.2. The second kappa shape index (κ2) is 5.22. The molecule has 1 aromatic rings. The third kappa shape index (κ3) is 2.98. The van der Waals surface area contributed by atoms with E-state index in [1.165, 1.54) is 6.07 Å². The number of carbonyl (C=O) groups is 1. The van der Waals surface area contributed by atoms with Crippen molar-refractivity contribution in [2.75, 3.05) is 0 Å². The molecule has 0 saturated heterocycles. The number of aliphatic carboxylic acids is 1. The number of hydrogen-bond acceptors (Lipinski definition) is 4. The summed E-state index contributed by atoms with van der Waals surface area (Å²) in [6.45, 7) is 1.95. The maximum atomic E-state index is 12.2. The summed E-state index contributed by atoms with van der Waals surface area (Å²) in [7, 11) is -3.76. The highest BCUT2D eigenvalue weighted by Crippen LogP contribution is 2.34. The van der Waals surface area contributed by atoms with E-state index < -0.39 is 21.5 Å². The Morgan fingerprint density at radius 2 is 2.32 bits per heavy atom. The number of carboxylic acids is 1. The largest absolute Gasteiger partial charge is 0.480 e. The molecule has 5 nitrogen and oxygen atoms in total. The van der Waals surface area contributed by atoms with Gasteiger partial charge in [0.1, 0.15) is 9.75 Å². The standard InChI is InChI=1S/C12H17NO4S2/c1-9-4-2-6-12(8-9,11(14)15)13-19(16,17)10-5-3-7-18-10/h3,5,7,9,13H,2,4,6,8H2,1H3,(H,14,15). The molecular formula is C12H17NO4S2. The zero-order chi connectivity index (χ0) is 14.1. The van der Waals surface area contributed by atoms with Gasteiger partial charge in [-0.1, -0.05) is 25.8 Å². The van der Waals surface area contributed by atoms with E-state index in [9.17, 15) is 18.3 Å². The minimum Gasteiger partial charge on any atom is -0.480 e. The van der Waals surface area contributed by atoms with E-state index in [0.29, 0.717) is 12.8 Å². The lowest BCUT2D eigenvalue weighted by Gasteiger charge is -2.36. The molecule has 2 unspecified atom stereocenters. The van der Waals surface area contributed by atoms with E-state index in [4.69, 9.17) is 0 Å². The summed E-state index contributed by atoms with van der Waals surface area (Å²) >= 11 is 1.09. The van der Waals surface area contributed by atoms with Gasteiger partial charge in [0, 0.05) is 0 Å². The molecule has 1 aromatic heterocycles.